The van der Waals surface area contributed by atoms with E-state index in [-0.39, 0.29) is 0 Å². The average Bonchev–Trinajstić information content (AvgIpc) is 2.86. The third kappa shape index (κ3) is 3.34. The van der Waals surface area contributed by atoms with E-state index in [1.54, 1.807) is 0 Å². The second-order valence-corrected chi connectivity index (χ2v) is 5.13. The van der Waals surface area contributed by atoms with Crippen LogP contribution in [0.1, 0.15) is 12.6 Å². The van der Waals surface area contributed by atoms with Gasteiger partial charge in [0.15, 0.2) is 0 Å². The number of aromatic nitrogens is 3. The molecule has 0 fully saturated rings. The van der Waals surface area contributed by atoms with Crippen LogP contribution in [0.15, 0.2) is 30.3 Å². The largest absolute Gasteiger partial charge is 0.308 e. The Morgan fingerprint density at radius 2 is 2.06 bits per heavy atom. The van der Waals surface area contributed by atoms with E-state index in [2.05, 4.69) is 33.9 Å². The minimum atomic E-state index is 0.473. The molecule has 0 bridgehead atoms. The number of nitrogens with one attached hydrogen (secondary N) is 2. The molecule has 0 spiro atoms. The van der Waals surface area contributed by atoms with Gasteiger partial charge in [0.05, 0.1) is 0 Å². The number of thioether (sulfide) groups is 1. The third-order valence-corrected chi connectivity index (χ3v) is 3.54. The van der Waals surface area contributed by atoms with Crippen molar-refractivity contribution in [1.29, 1.82) is 0 Å². The first kappa shape index (κ1) is 13.1. The summed E-state index contributed by atoms with van der Waals surface area (Å²) in [6, 6.07) is 10.6. The van der Waals surface area contributed by atoms with E-state index in [1.165, 1.54) is 0 Å². The zero-order chi connectivity index (χ0) is 12.8. The van der Waals surface area contributed by atoms with E-state index in [1.807, 2.05) is 42.1 Å². The lowest BCUT2D eigenvalue weighted by atomic mass is 10.1. The third-order valence-electron chi connectivity index (χ3n) is 2.70. The second-order valence-electron chi connectivity index (χ2n) is 4.22. The Bertz CT molecular complexity index is 469. The zero-order valence-corrected chi connectivity index (χ0v) is 11.5. The minimum Gasteiger partial charge on any atom is -0.308 e. The first-order valence-corrected chi connectivity index (χ1v) is 7.38. The topological polar surface area (TPSA) is 53.6 Å². The molecule has 1 unspecified atom stereocenters. The van der Waals surface area contributed by atoms with Crippen LogP contribution in [0.3, 0.4) is 0 Å². The van der Waals surface area contributed by atoms with Crippen molar-refractivity contribution >= 4 is 11.8 Å². The Labute approximate surface area is 112 Å². The van der Waals surface area contributed by atoms with Crippen LogP contribution in [0.4, 0.5) is 0 Å². The number of hydrogen-bond donors (Lipinski definition) is 2. The maximum atomic E-state index is 4.23. The molecular formula is C13H18N4S. The van der Waals surface area contributed by atoms with Gasteiger partial charge in [-0.3, -0.25) is 0 Å². The van der Waals surface area contributed by atoms with Crippen LogP contribution in [-0.4, -0.2) is 33.5 Å². The lowest BCUT2D eigenvalue weighted by Gasteiger charge is -2.11. The van der Waals surface area contributed by atoms with Crippen LogP contribution in [0.2, 0.25) is 0 Å². The SMILES string of the molecule is CSCC(C)NCc1n[nH]nc1-c1ccccc1. The van der Waals surface area contributed by atoms with Gasteiger partial charge in [-0.1, -0.05) is 30.3 Å². The van der Waals surface area contributed by atoms with Gasteiger partial charge < -0.3 is 5.32 Å². The van der Waals surface area contributed by atoms with Crippen molar-refractivity contribution in [2.45, 2.75) is 19.5 Å². The van der Waals surface area contributed by atoms with Crippen LogP contribution >= 0.6 is 11.8 Å². The van der Waals surface area contributed by atoms with Gasteiger partial charge in [0.1, 0.15) is 11.4 Å². The summed E-state index contributed by atoms with van der Waals surface area (Å²) >= 11 is 1.84. The molecule has 0 aliphatic rings. The smallest absolute Gasteiger partial charge is 0.117 e. The Morgan fingerprint density at radius 3 is 2.78 bits per heavy atom. The standard InChI is InChI=1S/C13H18N4S/c1-10(9-18-2)14-8-12-13(16-17-15-12)11-6-4-3-5-7-11/h3-7,10,14H,8-9H2,1-2H3,(H,15,16,17). The van der Waals surface area contributed by atoms with E-state index in [0.29, 0.717) is 6.04 Å². The number of nitrogens with zero attached hydrogens (tertiary/aromatic N) is 2. The molecule has 2 N–H and O–H groups in total. The Morgan fingerprint density at radius 1 is 1.28 bits per heavy atom. The first-order valence-electron chi connectivity index (χ1n) is 5.98. The highest BCUT2D eigenvalue weighted by molar-refractivity contribution is 7.98. The van der Waals surface area contributed by atoms with Gasteiger partial charge >= 0.3 is 0 Å². The summed E-state index contributed by atoms with van der Waals surface area (Å²) in [6.07, 6.45) is 2.11. The number of H-pyrrole nitrogens is 1. The Balaban J connectivity index is 2.05. The molecule has 0 saturated carbocycles. The molecule has 1 heterocycles. The maximum absolute atomic E-state index is 4.23. The fraction of sp³-hybridized carbons (Fsp3) is 0.385. The molecule has 1 aromatic carbocycles. The van der Waals surface area contributed by atoms with Crippen molar-refractivity contribution in [2.24, 2.45) is 0 Å². The summed E-state index contributed by atoms with van der Waals surface area (Å²) in [5.74, 6) is 1.10. The molecule has 18 heavy (non-hydrogen) atoms. The van der Waals surface area contributed by atoms with E-state index < -0.39 is 0 Å². The molecule has 2 aromatic rings. The van der Waals surface area contributed by atoms with Gasteiger partial charge in [-0.25, -0.2) is 0 Å². The highest BCUT2D eigenvalue weighted by Crippen LogP contribution is 2.18. The fourth-order valence-electron chi connectivity index (χ4n) is 1.78. The van der Waals surface area contributed by atoms with Crippen molar-refractivity contribution in [3.05, 3.63) is 36.0 Å². The summed E-state index contributed by atoms with van der Waals surface area (Å²) < 4.78 is 0. The fourth-order valence-corrected chi connectivity index (χ4v) is 2.40. The van der Waals surface area contributed by atoms with E-state index in [0.717, 1.165) is 29.2 Å². The second kappa shape index (κ2) is 6.56. The summed E-state index contributed by atoms with van der Waals surface area (Å²) in [5.41, 5.74) is 2.99. The highest BCUT2D eigenvalue weighted by Gasteiger charge is 2.10. The predicted octanol–water partition coefficient (Wildman–Crippen LogP) is 2.31. The Kier molecular flexibility index (Phi) is 4.78. The summed E-state index contributed by atoms with van der Waals surface area (Å²) in [5, 5.41) is 14.6. The number of hydrogen-bond acceptors (Lipinski definition) is 4. The molecule has 4 nitrogen and oxygen atoms in total. The first-order chi connectivity index (χ1) is 8.81. The lowest BCUT2D eigenvalue weighted by Crippen LogP contribution is -2.27. The van der Waals surface area contributed by atoms with Crippen LogP contribution < -0.4 is 5.32 Å². The van der Waals surface area contributed by atoms with Crippen LogP contribution in [0, 0.1) is 0 Å². The molecule has 0 saturated heterocycles. The summed E-state index contributed by atoms with van der Waals surface area (Å²) in [7, 11) is 0. The number of aromatic amines is 1. The molecule has 5 heteroatoms. The maximum Gasteiger partial charge on any atom is 0.117 e. The predicted molar refractivity (Wildman–Crippen MR) is 76.5 cm³/mol. The van der Waals surface area contributed by atoms with Crippen LogP contribution in [0.5, 0.6) is 0 Å². The van der Waals surface area contributed by atoms with Gasteiger partial charge in [-0.05, 0) is 13.2 Å². The zero-order valence-electron chi connectivity index (χ0n) is 10.7. The molecule has 96 valence electrons. The summed E-state index contributed by atoms with van der Waals surface area (Å²) in [6.45, 7) is 2.92. The number of rotatable bonds is 6. The lowest BCUT2D eigenvalue weighted by molar-refractivity contribution is 0.588. The van der Waals surface area contributed by atoms with E-state index in [9.17, 15) is 0 Å². The van der Waals surface area contributed by atoms with E-state index in [4.69, 9.17) is 0 Å². The minimum absolute atomic E-state index is 0.473. The van der Waals surface area contributed by atoms with Crippen LogP contribution in [-0.2, 0) is 6.54 Å². The highest BCUT2D eigenvalue weighted by atomic mass is 32.2. The van der Waals surface area contributed by atoms with Crippen molar-refractivity contribution in [3.8, 4) is 11.3 Å². The monoisotopic (exact) mass is 262 g/mol. The van der Waals surface area contributed by atoms with Crippen molar-refractivity contribution in [1.82, 2.24) is 20.7 Å². The number of benzene rings is 1. The normalized spacial score (nSPS) is 12.6. The van der Waals surface area contributed by atoms with Gasteiger partial charge in [0.2, 0.25) is 0 Å². The molecule has 2 rings (SSSR count). The van der Waals surface area contributed by atoms with Gasteiger partial charge in [0.25, 0.3) is 0 Å². The molecule has 0 radical (unpaired) electrons. The van der Waals surface area contributed by atoms with Crippen molar-refractivity contribution in [2.75, 3.05) is 12.0 Å². The Hall–Kier alpha value is -1.33. The van der Waals surface area contributed by atoms with Crippen molar-refractivity contribution < 1.29 is 0 Å². The average molecular weight is 262 g/mol. The van der Waals surface area contributed by atoms with Gasteiger partial charge in [-0.2, -0.15) is 27.2 Å². The summed E-state index contributed by atoms with van der Waals surface area (Å²) in [4.78, 5) is 0. The molecule has 0 aliphatic heterocycles. The molecular weight excluding hydrogens is 244 g/mol. The van der Waals surface area contributed by atoms with Gasteiger partial charge in [-0.15, -0.1) is 0 Å². The molecule has 1 aromatic heterocycles. The molecule has 0 amide bonds. The van der Waals surface area contributed by atoms with E-state index >= 15 is 0 Å². The van der Waals surface area contributed by atoms with Gasteiger partial charge in [0, 0.05) is 23.9 Å². The molecule has 0 aliphatic carbocycles. The quantitative estimate of drug-likeness (QED) is 0.839. The van der Waals surface area contributed by atoms with Crippen LogP contribution in [0.25, 0.3) is 11.3 Å². The molecule has 1 atom stereocenters. The van der Waals surface area contributed by atoms with Crippen molar-refractivity contribution in [3.63, 3.8) is 0 Å².